The summed E-state index contributed by atoms with van der Waals surface area (Å²) in [5.41, 5.74) is 4.51. The van der Waals surface area contributed by atoms with Gasteiger partial charge in [0.15, 0.2) is 23.5 Å². The van der Waals surface area contributed by atoms with Gasteiger partial charge in [0.2, 0.25) is 0 Å². The maximum absolute atomic E-state index is 16.3. The monoisotopic (exact) mass is 612 g/mol. The second kappa shape index (κ2) is 12.8. The Balaban J connectivity index is 1.56. The number of carbonyl (C=O) groups is 1. The van der Waals surface area contributed by atoms with E-state index in [1.54, 1.807) is 44.2 Å². The van der Waals surface area contributed by atoms with E-state index in [0.717, 1.165) is 25.3 Å². The van der Waals surface area contributed by atoms with E-state index in [1.807, 2.05) is 6.07 Å². The van der Waals surface area contributed by atoms with Gasteiger partial charge < -0.3 is 29.4 Å². The molecule has 8 nitrogen and oxygen atoms in total. The molecule has 43 heavy (non-hydrogen) atoms. The van der Waals surface area contributed by atoms with Crippen molar-refractivity contribution in [3.63, 3.8) is 0 Å². The second-order valence-electron chi connectivity index (χ2n) is 10.6. The fourth-order valence-corrected chi connectivity index (χ4v) is 5.92. The minimum atomic E-state index is -1.35. The first-order valence-electron chi connectivity index (χ1n) is 14.0. The summed E-state index contributed by atoms with van der Waals surface area (Å²) < 4.78 is 60.5. The van der Waals surface area contributed by atoms with Gasteiger partial charge in [-0.3, -0.25) is 0 Å². The van der Waals surface area contributed by atoms with Crippen molar-refractivity contribution in [1.82, 2.24) is 0 Å². The molecule has 0 aromatic heterocycles. The summed E-state index contributed by atoms with van der Waals surface area (Å²) in [5, 5.41) is 9.57. The van der Waals surface area contributed by atoms with Crippen LogP contribution in [0.1, 0.15) is 55.7 Å². The van der Waals surface area contributed by atoms with Gasteiger partial charge in [-0.05, 0) is 43.9 Å². The number of halogens is 3. The van der Waals surface area contributed by atoms with Gasteiger partial charge in [-0.15, -0.1) is 0 Å². The number of nitrogens with two attached hydrogens (primary N) is 1. The van der Waals surface area contributed by atoms with E-state index in [2.05, 4.69) is 0 Å². The van der Waals surface area contributed by atoms with E-state index in [4.69, 9.17) is 41.0 Å². The average Bonchev–Trinajstić information content (AvgIpc) is 3.28. The highest BCUT2D eigenvalue weighted by molar-refractivity contribution is 6.34. The predicted molar refractivity (Wildman–Crippen MR) is 154 cm³/mol. The third kappa shape index (κ3) is 5.98. The van der Waals surface area contributed by atoms with Crippen LogP contribution in [0.25, 0.3) is 11.1 Å². The highest BCUT2D eigenvalue weighted by Gasteiger charge is 2.51. The summed E-state index contributed by atoms with van der Waals surface area (Å²) in [7, 11) is 0. The zero-order valence-corrected chi connectivity index (χ0v) is 24.5. The Kier molecular flexibility index (Phi) is 9.06. The number of fused-ring (bicyclic) bond motifs is 1. The molecule has 4 atom stereocenters. The van der Waals surface area contributed by atoms with Gasteiger partial charge in [0, 0.05) is 35.3 Å². The van der Waals surface area contributed by atoms with Crippen molar-refractivity contribution in [3.05, 3.63) is 81.9 Å². The molecule has 0 spiro atoms. The van der Waals surface area contributed by atoms with E-state index in [-0.39, 0.29) is 47.7 Å². The average molecular weight is 613 g/mol. The van der Waals surface area contributed by atoms with Crippen molar-refractivity contribution >= 4 is 17.7 Å². The van der Waals surface area contributed by atoms with Crippen LogP contribution < -0.4 is 15.2 Å². The number of nitriles is 1. The van der Waals surface area contributed by atoms with E-state index < -0.39 is 40.4 Å². The highest BCUT2D eigenvalue weighted by atomic mass is 35.5. The molecule has 3 aromatic carbocycles. The quantitative estimate of drug-likeness (QED) is 0.278. The molecule has 2 N–H and O–H groups in total. The molecular weight excluding hydrogens is 582 g/mol. The molecule has 226 valence electrons. The number of amides is 1. The number of hydrogen-bond acceptors (Lipinski definition) is 7. The molecule has 0 aliphatic carbocycles. The Morgan fingerprint density at radius 1 is 1.21 bits per heavy atom. The molecule has 0 saturated carbocycles. The normalized spacial score (nSPS) is 21.8. The molecule has 1 saturated heterocycles. The molecule has 1 amide bonds. The van der Waals surface area contributed by atoms with Crippen LogP contribution >= 0.6 is 11.6 Å². The molecule has 2 aliphatic rings. The van der Waals surface area contributed by atoms with Crippen LogP contribution in [0.15, 0.2) is 48.5 Å². The zero-order chi connectivity index (χ0) is 30.7. The third-order valence-corrected chi connectivity index (χ3v) is 8.18. The first-order chi connectivity index (χ1) is 20.7. The van der Waals surface area contributed by atoms with E-state index in [0.29, 0.717) is 17.7 Å². The Morgan fingerprint density at radius 2 is 1.98 bits per heavy atom. The maximum Gasteiger partial charge on any atom is 0.404 e. The molecule has 11 heteroatoms. The van der Waals surface area contributed by atoms with Crippen molar-refractivity contribution in [2.24, 2.45) is 5.73 Å². The van der Waals surface area contributed by atoms with Crippen molar-refractivity contribution in [2.75, 3.05) is 19.8 Å². The van der Waals surface area contributed by atoms with Gasteiger partial charge in [0.05, 0.1) is 22.8 Å². The molecular formula is C32H31ClF2N2O6. The fourth-order valence-electron chi connectivity index (χ4n) is 5.67. The SMILES string of the molecule is CC1c2c(cc(F)c(Cl)c2-c2c(C#N)ccc(OC[C@H](C)O[C@H]3CCCCO3)c2F)OC1(COC(N)=O)c1ccccc1. The van der Waals surface area contributed by atoms with Crippen LogP contribution in [0.3, 0.4) is 0 Å². The minimum Gasteiger partial charge on any atom is -0.488 e. The molecule has 2 unspecified atom stereocenters. The molecule has 0 radical (unpaired) electrons. The highest BCUT2D eigenvalue weighted by Crippen LogP contribution is 2.56. The third-order valence-electron chi connectivity index (χ3n) is 7.81. The number of hydrogen-bond donors (Lipinski definition) is 1. The Labute approximate surface area is 253 Å². The van der Waals surface area contributed by atoms with Gasteiger partial charge in [-0.1, -0.05) is 48.9 Å². The second-order valence-corrected chi connectivity index (χ2v) is 11.0. The van der Waals surface area contributed by atoms with Gasteiger partial charge >= 0.3 is 6.09 Å². The van der Waals surface area contributed by atoms with Crippen molar-refractivity contribution in [1.29, 1.82) is 5.26 Å². The van der Waals surface area contributed by atoms with Crippen LogP contribution in [-0.4, -0.2) is 38.3 Å². The zero-order valence-electron chi connectivity index (χ0n) is 23.7. The molecule has 2 heterocycles. The molecule has 2 aliphatic heterocycles. The first-order valence-corrected chi connectivity index (χ1v) is 14.4. The van der Waals surface area contributed by atoms with Crippen LogP contribution in [0.2, 0.25) is 5.02 Å². The molecule has 3 aromatic rings. The predicted octanol–water partition coefficient (Wildman–Crippen LogP) is 6.95. The van der Waals surface area contributed by atoms with Crippen molar-refractivity contribution in [3.8, 4) is 28.7 Å². The Hall–Kier alpha value is -3.91. The van der Waals surface area contributed by atoms with Crippen molar-refractivity contribution < 1.29 is 37.3 Å². The summed E-state index contributed by atoms with van der Waals surface area (Å²) in [5.74, 6) is -2.55. The maximum atomic E-state index is 16.3. The summed E-state index contributed by atoms with van der Waals surface area (Å²) >= 11 is 6.55. The molecule has 0 bridgehead atoms. The lowest BCUT2D eigenvalue weighted by Crippen LogP contribution is -2.40. The first kappa shape index (κ1) is 30.5. The lowest BCUT2D eigenvalue weighted by atomic mass is 9.78. The van der Waals surface area contributed by atoms with E-state index in [1.165, 1.54) is 12.1 Å². The standard InChI is InChI=1S/C32H31ClF2N2O6/c1-18(42-25-10-6-7-13-39-25)16-40-23-12-11-20(15-36)27(30(23)35)28-26-19(2)32(17-41-31(37)38,21-8-4-3-5-9-21)43-24(26)14-22(34)29(28)33/h3-5,8-9,11-12,14,18-19,25H,6-7,10,13,16-17H2,1-2H3,(H2,37,38)/t18-,19?,25-,32?/m0/s1. The summed E-state index contributed by atoms with van der Waals surface area (Å²) in [6, 6.07) is 14.7. The van der Waals surface area contributed by atoms with Gasteiger partial charge in [-0.2, -0.15) is 5.26 Å². The number of benzene rings is 3. The minimum absolute atomic E-state index is 0.00179. The molecule has 1 fully saturated rings. The van der Waals surface area contributed by atoms with Crippen molar-refractivity contribution in [2.45, 2.75) is 57.0 Å². The van der Waals surface area contributed by atoms with E-state index >= 15 is 8.78 Å². The number of ether oxygens (including phenoxy) is 5. The van der Waals surface area contributed by atoms with Crippen LogP contribution in [0.5, 0.6) is 11.5 Å². The Morgan fingerprint density at radius 3 is 2.65 bits per heavy atom. The smallest absolute Gasteiger partial charge is 0.404 e. The Bertz CT molecular complexity index is 1540. The van der Waals surface area contributed by atoms with E-state index in [9.17, 15) is 10.1 Å². The topological polar surface area (TPSA) is 113 Å². The van der Waals surface area contributed by atoms with Crippen LogP contribution in [0.4, 0.5) is 13.6 Å². The lowest BCUT2D eigenvalue weighted by Gasteiger charge is -2.33. The van der Waals surface area contributed by atoms with Gasteiger partial charge in [0.25, 0.3) is 0 Å². The number of carbonyl (C=O) groups excluding carboxylic acids is 1. The van der Waals surface area contributed by atoms with Crippen LogP contribution in [0, 0.1) is 23.0 Å². The largest absolute Gasteiger partial charge is 0.488 e. The number of nitrogens with zero attached hydrogens (tertiary/aromatic N) is 1. The van der Waals surface area contributed by atoms with Crippen LogP contribution in [-0.2, 0) is 19.8 Å². The van der Waals surface area contributed by atoms with Gasteiger partial charge in [-0.25, -0.2) is 13.6 Å². The summed E-state index contributed by atoms with van der Waals surface area (Å²) in [4.78, 5) is 11.6. The summed E-state index contributed by atoms with van der Waals surface area (Å²) in [6.07, 6.45) is 0.929. The fraction of sp³-hybridized carbons (Fsp3) is 0.375. The van der Waals surface area contributed by atoms with Gasteiger partial charge in [0.1, 0.15) is 24.8 Å². The summed E-state index contributed by atoms with van der Waals surface area (Å²) in [6.45, 7) is 3.84. The number of primary amides is 1. The number of rotatable bonds is 9. The molecule has 5 rings (SSSR count). The lowest BCUT2D eigenvalue weighted by molar-refractivity contribution is -0.189.